The van der Waals surface area contributed by atoms with Crippen molar-refractivity contribution in [2.75, 3.05) is 13.2 Å². The third-order valence-corrected chi connectivity index (χ3v) is 3.89. The van der Waals surface area contributed by atoms with Crippen LogP contribution < -0.4 is 10.1 Å². The van der Waals surface area contributed by atoms with Crippen LogP contribution in [-0.2, 0) is 4.74 Å². The first kappa shape index (κ1) is 24.2. The fourth-order valence-electron chi connectivity index (χ4n) is 2.48. The van der Waals surface area contributed by atoms with Gasteiger partial charge in [0.25, 0.3) is 6.43 Å². The second-order valence-electron chi connectivity index (χ2n) is 8.07. The van der Waals surface area contributed by atoms with Gasteiger partial charge in [0.1, 0.15) is 18.0 Å². The number of halogens is 3. The molecule has 0 aliphatic heterocycles. The van der Waals surface area contributed by atoms with Gasteiger partial charge in [0.15, 0.2) is 11.6 Å². The predicted octanol–water partition coefficient (Wildman–Crippen LogP) is 5.22. The van der Waals surface area contributed by atoms with Crippen LogP contribution in [0.4, 0.5) is 18.0 Å². The second-order valence-corrected chi connectivity index (χ2v) is 8.07. The zero-order valence-electron chi connectivity index (χ0n) is 18.2. The van der Waals surface area contributed by atoms with Crippen LogP contribution in [0.3, 0.4) is 0 Å². The predicted molar refractivity (Wildman–Crippen MR) is 110 cm³/mol. The molecule has 7 nitrogen and oxygen atoms in total. The number of carbonyl (C=O) groups is 1. The number of hydrogen-bond donors (Lipinski definition) is 1. The van der Waals surface area contributed by atoms with E-state index in [9.17, 15) is 18.0 Å². The zero-order chi connectivity index (χ0) is 23.2. The Kier molecular flexibility index (Phi) is 8.07. The van der Waals surface area contributed by atoms with E-state index in [1.54, 1.807) is 58.9 Å². The molecule has 0 unspecified atom stereocenters. The Bertz CT molecular complexity index is 878. The number of alkyl halides is 2. The van der Waals surface area contributed by atoms with Crippen LogP contribution in [-0.4, -0.2) is 39.6 Å². The molecule has 0 bridgehead atoms. The highest BCUT2D eigenvalue weighted by Crippen LogP contribution is 2.25. The number of nitrogens with one attached hydrogen (secondary N) is 1. The minimum absolute atomic E-state index is 0.0730. The van der Waals surface area contributed by atoms with Crippen molar-refractivity contribution in [3.8, 4) is 17.1 Å². The average molecular weight is 440 g/mol. The van der Waals surface area contributed by atoms with Crippen LogP contribution >= 0.6 is 0 Å². The Morgan fingerprint density at radius 1 is 1.23 bits per heavy atom. The van der Waals surface area contributed by atoms with E-state index in [2.05, 4.69) is 15.4 Å². The number of nitrogens with zero attached hydrogens (tertiary/aromatic N) is 3. The Morgan fingerprint density at radius 2 is 1.87 bits per heavy atom. The topological polar surface area (TPSA) is 78.3 Å². The van der Waals surface area contributed by atoms with Gasteiger partial charge >= 0.3 is 6.09 Å². The van der Waals surface area contributed by atoms with Crippen molar-refractivity contribution in [2.24, 2.45) is 0 Å². The average Bonchev–Trinajstić information content (AvgIpc) is 3.13. The Labute approximate surface area is 179 Å². The summed E-state index contributed by atoms with van der Waals surface area (Å²) >= 11 is 0. The van der Waals surface area contributed by atoms with Crippen LogP contribution in [0.15, 0.2) is 36.2 Å². The highest BCUT2D eigenvalue weighted by atomic mass is 19.3. The van der Waals surface area contributed by atoms with Crippen molar-refractivity contribution in [1.29, 1.82) is 0 Å². The summed E-state index contributed by atoms with van der Waals surface area (Å²) in [5, 5.41) is 6.61. The number of aromatic nitrogens is 3. The lowest BCUT2D eigenvalue weighted by atomic mass is 10.2. The van der Waals surface area contributed by atoms with E-state index in [1.807, 2.05) is 0 Å². The number of benzene rings is 1. The molecule has 0 atom stereocenters. The normalized spacial score (nSPS) is 12.4. The maximum Gasteiger partial charge on any atom is 0.407 e. The summed E-state index contributed by atoms with van der Waals surface area (Å²) in [4.78, 5) is 15.6. The first-order valence-electron chi connectivity index (χ1n) is 9.73. The highest BCUT2D eigenvalue weighted by Gasteiger charge is 2.21. The van der Waals surface area contributed by atoms with E-state index in [0.29, 0.717) is 17.6 Å². The van der Waals surface area contributed by atoms with Crippen LogP contribution in [0.1, 0.15) is 52.9 Å². The summed E-state index contributed by atoms with van der Waals surface area (Å²) in [7, 11) is 0. The molecule has 31 heavy (non-hydrogen) atoms. The van der Waals surface area contributed by atoms with Crippen molar-refractivity contribution in [3.63, 3.8) is 0 Å². The standard InChI is InChI=1S/C21H27F3N4O3/c1-13(2)28-19(17(23)24)26-18(27-28)15-6-8-16(9-7-15)30-12-14(10-22)11-25-20(29)31-21(3,4)5/h6-10,13,17H,11-12H2,1-5H3,(H,25,29)/b14-10+. The van der Waals surface area contributed by atoms with Crippen molar-refractivity contribution < 1.29 is 27.4 Å². The molecule has 0 spiro atoms. The molecule has 0 radical (unpaired) electrons. The molecule has 2 rings (SSSR count). The van der Waals surface area contributed by atoms with Gasteiger partial charge in [0.05, 0.1) is 6.33 Å². The number of ether oxygens (including phenoxy) is 2. The molecular weight excluding hydrogens is 413 g/mol. The third-order valence-electron chi connectivity index (χ3n) is 3.89. The third kappa shape index (κ3) is 7.30. The van der Waals surface area contributed by atoms with E-state index in [4.69, 9.17) is 9.47 Å². The maximum atomic E-state index is 13.2. The number of hydrogen-bond acceptors (Lipinski definition) is 5. The van der Waals surface area contributed by atoms with Crippen molar-refractivity contribution >= 4 is 6.09 Å². The second kappa shape index (κ2) is 10.3. The maximum absolute atomic E-state index is 13.2. The summed E-state index contributed by atoms with van der Waals surface area (Å²) in [6.45, 7) is 8.49. The minimum Gasteiger partial charge on any atom is -0.489 e. The zero-order valence-corrected chi connectivity index (χ0v) is 18.2. The SMILES string of the molecule is CC(C)n1nc(-c2ccc(OC/C(=C/F)CNC(=O)OC(C)(C)C)cc2)nc1C(F)F. The van der Waals surface area contributed by atoms with E-state index >= 15 is 0 Å². The summed E-state index contributed by atoms with van der Waals surface area (Å²) < 4.78 is 51.2. The lowest BCUT2D eigenvalue weighted by Gasteiger charge is -2.20. The lowest BCUT2D eigenvalue weighted by Crippen LogP contribution is -2.34. The Morgan fingerprint density at radius 3 is 2.35 bits per heavy atom. The van der Waals surface area contributed by atoms with Gasteiger partial charge in [0.2, 0.25) is 0 Å². The fourth-order valence-corrected chi connectivity index (χ4v) is 2.48. The molecule has 0 fully saturated rings. The first-order valence-corrected chi connectivity index (χ1v) is 9.73. The number of rotatable bonds is 8. The van der Waals surface area contributed by atoms with Gasteiger partial charge in [-0.2, -0.15) is 5.10 Å². The fraction of sp³-hybridized carbons (Fsp3) is 0.476. The van der Waals surface area contributed by atoms with Crippen LogP contribution in [0.25, 0.3) is 11.4 Å². The van der Waals surface area contributed by atoms with Crippen LogP contribution in [0.5, 0.6) is 5.75 Å². The number of amides is 1. The minimum atomic E-state index is -2.73. The molecule has 10 heteroatoms. The molecular formula is C21H27F3N4O3. The molecule has 170 valence electrons. The van der Waals surface area contributed by atoms with Gasteiger partial charge in [-0.3, -0.25) is 0 Å². The number of carbonyl (C=O) groups excluding carboxylic acids is 1. The van der Waals surface area contributed by atoms with Crippen molar-refractivity contribution in [1.82, 2.24) is 20.1 Å². The molecule has 1 amide bonds. The van der Waals surface area contributed by atoms with E-state index < -0.39 is 18.1 Å². The van der Waals surface area contributed by atoms with Crippen LogP contribution in [0.2, 0.25) is 0 Å². The molecule has 2 aromatic rings. The van der Waals surface area contributed by atoms with Crippen LogP contribution in [0, 0.1) is 0 Å². The molecule has 1 aromatic heterocycles. The largest absolute Gasteiger partial charge is 0.489 e. The molecule has 1 heterocycles. The van der Waals surface area contributed by atoms with Crippen molar-refractivity contribution in [3.05, 3.63) is 42.0 Å². The van der Waals surface area contributed by atoms with E-state index in [-0.39, 0.29) is 36.4 Å². The quantitative estimate of drug-likeness (QED) is 0.609. The molecule has 0 aliphatic carbocycles. The molecule has 0 saturated heterocycles. The van der Waals surface area contributed by atoms with Gasteiger partial charge in [-0.1, -0.05) is 0 Å². The summed E-state index contributed by atoms with van der Waals surface area (Å²) in [6.07, 6.45) is -3.03. The van der Waals surface area contributed by atoms with Gasteiger partial charge in [-0.25, -0.2) is 27.6 Å². The van der Waals surface area contributed by atoms with Gasteiger partial charge in [-0.05, 0) is 58.9 Å². The highest BCUT2D eigenvalue weighted by molar-refractivity contribution is 5.68. The summed E-state index contributed by atoms with van der Waals surface area (Å²) in [6, 6.07) is 6.20. The monoisotopic (exact) mass is 440 g/mol. The Balaban J connectivity index is 1.97. The molecule has 1 N–H and O–H groups in total. The van der Waals surface area contributed by atoms with Gasteiger partial charge < -0.3 is 14.8 Å². The lowest BCUT2D eigenvalue weighted by molar-refractivity contribution is 0.0531. The van der Waals surface area contributed by atoms with E-state index in [0.717, 1.165) is 0 Å². The van der Waals surface area contributed by atoms with E-state index in [1.165, 1.54) is 4.68 Å². The first-order chi connectivity index (χ1) is 14.5. The number of alkyl carbamates (subject to hydrolysis) is 1. The van der Waals surface area contributed by atoms with Crippen molar-refractivity contribution in [2.45, 2.75) is 52.7 Å². The Hall–Kier alpha value is -3.04. The summed E-state index contributed by atoms with van der Waals surface area (Å²) in [5.74, 6) is 0.222. The smallest absolute Gasteiger partial charge is 0.407 e. The molecule has 0 saturated carbocycles. The van der Waals surface area contributed by atoms with Gasteiger partial charge in [-0.15, -0.1) is 0 Å². The summed E-state index contributed by atoms with van der Waals surface area (Å²) in [5.41, 5.74) is 0.0908. The molecule has 0 aliphatic rings. The molecule has 1 aromatic carbocycles. The van der Waals surface area contributed by atoms with Gasteiger partial charge in [0, 0.05) is 23.7 Å².